The average Bonchev–Trinajstić information content (AvgIpc) is 2.46. The molecule has 2 aliphatic rings. The molecule has 0 aromatic carbocycles. The fourth-order valence-electron chi connectivity index (χ4n) is 2.96. The molecule has 0 aliphatic carbocycles. The fraction of sp³-hybridized carbons (Fsp3) is 0.615. The molecule has 108 valence electrons. The van der Waals surface area contributed by atoms with Gasteiger partial charge in [-0.2, -0.15) is 0 Å². The number of halogens is 1. The molecule has 5 nitrogen and oxygen atoms in total. The van der Waals surface area contributed by atoms with Crippen LogP contribution in [0.2, 0.25) is 5.15 Å². The summed E-state index contributed by atoms with van der Waals surface area (Å²) in [5.74, 6) is 1.59. The maximum atomic E-state index is 11.4. The maximum absolute atomic E-state index is 11.4. The number of hydrogen-bond acceptors (Lipinski definition) is 5. The predicted molar refractivity (Wildman–Crippen MR) is 80.3 cm³/mol. The van der Waals surface area contributed by atoms with Crippen LogP contribution in [-0.4, -0.2) is 41.3 Å². The molecule has 2 unspecified atom stereocenters. The highest BCUT2D eigenvalue weighted by atomic mass is 35.5. The van der Waals surface area contributed by atoms with Crippen LogP contribution in [0.3, 0.4) is 0 Å². The highest BCUT2D eigenvalue weighted by Crippen LogP contribution is 2.29. The van der Waals surface area contributed by atoms with Crippen molar-refractivity contribution in [1.29, 1.82) is 0 Å². The standard InChI is InChI=1S/C13H17ClN4OS/c1-20-13-16-10(14)6-11(17-13)18-5-4-9-8(7-18)2-3-12(19)15-9/h6,8-9H,2-5,7H2,1H3,(H,15,19). The summed E-state index contributed by atoms with van der Waals surface area (Å²) in [6.45, 7) is 1.81. The molecule has 1 aromatic heterocycles. The summed E-state index contributed by atoms with van der Waals surface area (Å²) < 4.78 is 0. The van der Waals surface area contributed by atoms with Crippen molar-refractivity contribution < 1.29 is 4.79 Å². The lowest BCUT2D eigenvalue weighted by molar-refractivity contribution is -0.124. The Bertz CT molecular complexity index is 527. The van der Waals surface area contributed by atoms with E-state index < -0.39 is 0 Å². The molecule has 3 heterocycles. The second-order valence-corrected chi connectivity index (χ2v) is 6.40. The average molecular weight is 313 g/mol. The molecular formula is C13H17ClN4OS. The van der Waals surface area contributed by atoms with Crippen LogP contribution >= 0.6 is 23.4 Å². The summed E-state index contributed by atoms with van der Waals surface area (Å²) in [7, 11) is 0. The number of nitrogens with one attached hydrogen (secondary N) is 1. The van der Waals surface area contributed by atoms with E-state index in [-0.39, 0.29) is 5.91 Å². The minimum Gasteiger partial charge on any atom is -0.356 e. The Morgan fingerprint density at radius 3 is 3.10 bits per heavy atom. The minimum atomic E-state index is 0.189. The van der Waals surface area contributed by atoms with Gasteiger partial charge in [0.05, 0.1) is 0 Å². The summed E-state index contributed by atoms with van der Waals surface area (Å²) in [5, 5.41) is 4.28. The van der Waals surface area contributed by atoms with Gasteiger partial charge in [-0.1, -0.05) is 23.4 Å². The smallest absolute Gasteiger partial charge is 0.220 e. The highest BCUT2D eigenvalue weighted by molar-refractivity contribution is 7.98. The molecule has 2 atom stereocenters. The van der Waals surface area contributed by atoms with Crippen molar-refractivity contribution in [1.82, 2.24) is 15.3 Å². The molecule has 0 radical (unpaired) electrons. The van der Waals surface area contributed by atoms with Crippen molar-refractivity contribution in [3.63, 3.8) is 0 Å². The van der Waals surface area contributed by atoms with Crippen LogP contribution in [0.25, 0.3) is 0 Å². The van der Waals surface area contributed by atoms with Crippen LogP contribution in [0.4, 0.5) is 5.82 Å². The lowest BCUT2D eigenvalue weighted by Crippen LogP contribution is -2.54. The SMILES string of the molecule is CSc1nc(Cl)cc(N2CCC3NC(=O)CCC3C2)n1. The minimum absolute atomic E-state index is 0.189. The number of thioether (sulfide) groups is 1. The van der Waals surface area contributed by atoms with Crippen LogP contribution in [0.15, 0.2) is 11.2 Å². The Morgan fingerprint density at radius 2 is 2.30 bits per heavy atom. The third-order valence-electron chi connectivity index (χ3n) is 3.99. The topological polar surface area (TPSA) is 58.1 Å². The third kappa shape index (κ3) is 2.86. The van der Waals surface area contributed by atoms with E-state index in [0.717, 1.165) is 31.7 Å². The van der Waals surface area contributed by atoms with Crippen molar-refractivity contribution in [3.8, 4) is 0 Å². The number of nitrogens with zero attached hydrogens (tertiary/aromatic N) is 3. The number of rotatable bonds is 2. The first-order valence-electron chi connectivity index (χ1n) is 6.78. The molecule has 0 spiro atoms. The summed E-state index contributed by atoms with van der Waals surface area (Å²) in [4.78, 5) is 22.4. The van der Waals surface area contributed by atoms with Gasteiger partial charge in [-0.25, -0.2) is 9.97 Å². The number of carbonyl (C=O) groups excluding carboxylic acids is 1. The van der Waals surface area contributed by atoms with E-state index in [9.17, 15) is 4.79 Å². The molecule has 7 heteroatoms. The first-order valence-corrected chi connectivity index (χ1v) is 8.39. The number of hydrogen-bond donors (Lipinski definition) is 1. The third-order valence-corrected chi connectivity index (χ3v) is 4.73. The zero-order valence-corrected chi connectivity index (χ0v) is 12.9. The van der Waals surface area contributed by atoms with E-state index >= 15 is 0 Å². The number of anilines is 1. The number of amides is 1. The van der Waals surface area contributed by atoms with Crippen molar-refractivity contribution in [2.24, 2.45) is 5.92 Å². The fourth-order valence-corrected chi connectivity index (χ4v) is 3.56. The maximum Gasteiger partial charge on any atom is 0.220 e. The molecule has 2 fully saturated rings. The number of fused-ring (bicyclic) bond motifs is 1. The Morgan fingerprint density at radius 1 is 1.45 bits per heavy atom. The first kappa shape index (κ1) is 13.9. The van der Waals surface area contributed by atoms with Gasteiger partial charge in [0.2, 0.25) is 5.91 Å². The van der Waals surface area contributed by atoms with Crippen LogP contribution in [-0.2, 0) is 4.79 Å². The van der Waals surface area contributed by atoms with Gasteiger partial charge in [-0.15, -0.1) is 0 Å². The van der Waals surface area contributed by atoms with Gasteiger partial charge in [0.15, 0.2) is 5.16 Å². The summed E-state index contributed by atoms with van der Waals surface area (Å²) >= 11 is 7.55. The molecule has 0 bridgehead atoms. The van der Waals surface area contributed by atoms with Crippen LogP contribution in [0, 0.1) is 5.92 Å². The van der Waals surface area contributed by atoms with Crippen LogP contribution in [0.5, 0.6) is 0 Å². The van der Waals surface area contributed by atoms with E-state index in [4.69, 9.17) is 11.6 Å². The quantitative estimate of drug-likeness (QED) is 0.514. The Kier molecular flexibility index (Phi) is 4.03. The van der Waals surface area contributed by atoms with Gasteiger partial charge >= 0.3 is 0 Å². The van der Waals surface area contributed by atoms with E-state index in [0.29, 0.717) is 28.7 Å². The van der Waals surface area contributed by atoms with E-state index in [1.165, 1.54) is 11.8 Å². The van der Waals surface area contributed by atoms with Gasteiger partial charge < -0.3 is 10.2 Å². The van der Waals surface area contributed by atoms with Gasteiger partial charge in [-0.05, 0) is 25.0 Å². The Balaban J connectivity index is 1.76. The highest BCUT2D eigenvalue weighted by Gasteiger charge is 2.34. The molecule has 1 aromatic rings. The predicted octanol–water partition coefficient (Wildman–Crippen LogP) is 1.96. The largest absolute Gasteiger partial charge is 0.356 e. The Hall–Kier alpha value is -1.01. The van der Waals surface area contributed by atoms with Gasteiger partial charge in [0, 0.05) is 31.6 Å². The molecule has 1 N–H and O–H groups in total. The zero-order chi connectivity index (χ0) is 14.1. The summed E-state index contributed by atoms with van der Waals surface area (Å²) in [5.41, 5.74) is 0. The molecule has 20 heavy (non-hydrogen) atoms. The normalized spacial score (nSPS) is 26.1. The lowest BCUT2D eigenvalue weighted by atomic mass is 9.85. The Labute approximate surface area is 127 Å². The summed E-state index contributed by atoms with van der Waals surface area (Å²) in [6, 6.07) is 2.15. The van der Waals surface area contributed by atoms with Crippen molar-refractivity contribution in [2.75, 3.05) is 24.2 Å². The first-order chi connectivity index (χ1) is 9.65. The van der Waals surface area contributed by atoms with Gasteiger partial charge in [-0.3, -0.25) is 4.79 Å². The van der Waals surface area contributed by atoms with Crippen molar-refractivity contribution >= 4 is 35.1 Å². The molecule has 3 rings (SSSR count). The number of carbonyl (C=O) groups is 1. The number of aromatic nitrogens is 2. The molecule has 2 saturated heterocycles. The number of piperidine rings is 2. The van der Waals surface area contributed by atoms with Crippen molar-refractivity contribution in [3.05, 3.63) is 11.2 Å². The molecule has 2 aliphatic heterocycles. The molecule has 1 amide bonds. The monoisotopic (exact) mass is 312 g/mol. The van der Waals surface area contributed by atoms with Crippen LogP contribution in [0.1, 0.15) is 19.3 Å². The van der Waals surface area contributed by atoms with Gasteiger partial charge in [0.1, 0.15) is 11.0 Å². The summed E-state index contributed by atoms with van der Waals surface area (Å²) in [6.07, 6.45) is 4.50. The van der Waals surface area contributed by atoms with E-state index in [1.807, 2.05) is 12.3 Å². The van der Waals surface area contributed by atoms with Gasteiger partial charge in [0.25, 0.3) is 0 Å². The van der Waals surface area contributed by atoms with Crippen LogP contribution < -0.4 is 10.2 Å². The lowest BCUT2D eigenvalue weighted by Gasteiger charge is -2.41. The second-order valence-electron chi connectivity index (χ2n) is 5.24. The zero-order valence-electron chi connectivity index (χ0n) is 11.3. The van der Waals surface area contributed by atoms with Crippen molar-refractivity contribution in [2.45, 2.75) is 30.5 Å². The van der Waals surface area contributed by atoms with E-state index in [1.54, 1.807) is 0 Å². The second kappa shape index (κ2) is 5.77. The molecule has 0 saturated carbocycles. The van der Waals surface area contributed by atoms with E-state index in [2.05, 4.69) is 20.2 Å². The molecular weight excluding hydrogens is 296 g/mol.